The quantitative estimate of drug-likeness (QED) is 0.286. The van der Waals surface area contributed by atoms with Gasteiger partial charge in [0.2, 0.25) is 0 Å². The predicted molar refractivity (Wildman–Crippen MR) is 140 cm³/mol. The molecular formula is C28H28F3N3O6. The van der Waals surface area contributed by atoms with Gasteiger partial charge in [-0.2, -0.15) is 13.2 Å². The fourth-order valence-corrected chi connectivity index (χ4v) is 4.71. The van der Waals surface area contributed by atoms with Crippen molar-refractivity contribution in [3.63, 3.8) is 0 Å². The Kier molecular flexibility index (Phi) is 8.60. The lowest BCUT2D eigenvalue weighted by Crippen LogP contribution is -2.50. The number of alkyl halides is 3. The van der Waals surface area contributed by atoms with E-state index in [2.05, 4.69) is 5.32 Å². The van der Waals surface area contributed by atoms with Gasteiger partial charge in [0.05, 0.1) is 37.4 Å². The van der Waals surface area contributed by atoms with Crippen LogP contribution in [0.3, 0.4) is 0 Å². The Morgan fingerprint density at radius 1 is 1.10 bits per heavy atom. The molecule has 1 saturated heterocycles. The van der Waals surface area contributed by atoms with Crippen LogP contribution in [-0.2, 0) is 22.3 Å². The minimum Gasteiger partial charge on any atom is -0.497 e. The number of hydrogen-bond acceptors (Lipinski definition) is 7. The molecule has 9 nitrogen and oxygen atoms in total. The molecule has 4 rings (SSSR count). The molecule has 212 valence electrons. The van der Waals surface area contributed by atoms with Gasteiger partial charge in [-0.05, 0) is 36.2 Å². The lowest BCUT2D eigenvalue weighted by atomic mass is 9.96. The van der Waals surface area contributed by atoms with Crippen LogP contribution >= 0.6 is 0 Å². The van der Waals surface area contributed by atoms with Gasteiger partial charge in [0.25, 0.3) is 11.6 Å². The number of nitrogens with zero attached hydrogens (tertiary/aromatic N) is 2. The van der Waals surface area contributed by atoms with Crippen LogP contribution in [0, 0.1) is 17.0 Å². The summed E-state index contributed by atoms with van der Waals surface area (Å²) in [6, 6.07) is 14.0. The first-order chi connectivity index (χ1) is 19.0. The van der Waals surface area contributed by atoms with E-state index in [9.17, 15) is 28.1 Å². The molecule has 3 aromatic rings. The first kappa shape index (κ1) is 28.8. The topological polar surface area (TPSA) is 103 Å². The predicted octanol–water partition coefficient (Wildman–Crippen LogP) is 5.52. The number of hydrogen-bond donors (Lipinski definition) is 1. The number of halogens is 3. The highest BCUT2D eigenvalue weighted by atomic mass is 19.4. The molecule has 1 aliphatic heterocycles. The first-order valence-electron chi connectivity index (χ1n) is 12.3. The third-order valence-corrected chi connectivity index (χ3v) is 6.74. The molecule has 0 saturated carbocycles. The molecule has 3 aromatic carbocycles. The van der Waals surface area contributed by atoms with Crippen LogP contribution in [0.4, 0.5) is 24.5 Å². The summed E-state index contributed by atoms with van der Waals surface area (Å²) in [6.07, 6.45) is -5.71. The van der Waals surface area contributed by atoms with Gasteiger partial charge < -0.3 is 19.5 Å². The normalized spacial score (nSPS) is 17.8. The molecule has 0 radical (unpaired) electrons. The largest absolute Gasteiger partial charge is 0.497 e. The molecule has 1 N–H and O–H groups in total. The van der Waals surface area contributed by atoms with E-state index in [4.69, 9.17) is 14.2 Å². The zero-order valence-corrected chi connectivity index (χ0v) is 22.0. The Bertz CT molecular complexity index is 1380. The molecule has 12 heteroatoms. The average molecular weight is 560 g/mol. The Hall–Kier alpha value is -4.16. The maximum absolute atomic E-state index is 13.5. The molecule has 40 heavy (non-hydrogen) atoms. The molecule has 1 heterocycles. The molecule has 2 unspecified atom stereocenters. The van der Waals surface area contributed by atoms with Crippen LogP contribution < -0.4 is 14.8 Å². The number of benzene rings is 3. The summed E-state index contributed by atoms with van der Waals surface area (Å²) in [4.78, 5) is 26.1. The summed E-state index contributed by atoms with van der Waals surface area (Å²) in [5, 5.41) is 13.8. The summed E-state index contributed by atoms with van der Waals surface area (Å²) >= 11 is 0. The smallest absolute Gasteiger partial charge is 0.416 e. The van der Waals surface area contributed by atoms with Gasteiger partial charge in [-0.3, -0.25) is 19.8 Å². The summed E-state index contributed by atoms with van der Waals surface area (Å²) in [5.41, 5.74) is 0.396. The zero-order valence-electron chi connectivity index (χ0n) is 22.0. The molecule has 2 atom stereocenters. The third kappa shape index (κ3) is 6.35. The van der Waals surface area contributed by atoms with Crippen LogP contribution in [0.25, 0.3) is 0 Å². The van der Waals surface area contributed by atoms with E-state index in [0.717, 1.165) is 11.6 Å². The van der Waals surface area contributed by atoms with Crippen molar-refractivity contribution in [2.75, 3.05) is 32.7 Å². The fourth-order valence-electron chi connectivity index (χ4n) is 4.71. The van der Waals surface area contributed by atoms with Crippen molar-refractivity contribution < 1.29 is 37.1 Å². The van der Waals surface area contributed by atoms with E-state index in [0.29, 0.717) is 30.2 Å². The van der Waals surface area contributed by atoms with E-state index < -0.39 is 34.7 Å². The van der Waals surface area contributed by atoms with Crippen LogP contribution in [0.1, 0.15) is 28.3 Å². The van der Waals surface area contributed by atoms with Crippen molar-refractivity contribution in [1.82, 2.24) is 4.90 Å². The van der Waals surface area contributed by atoms with Gasteiger partial charge in [0.15, 0.2) is 6.10 Å². The van der Waals surface area contributed by atoms with Crippen LogP contribution in [0.2, 0.25) is 0 Å². The van der Waals surface area contributed by atoms with Gasteiger partial charge in [-0.25, -0.2) is 0 Å². The highest BCUT2D eigenvalue weighted by Gasteiger charge is 2.39. The highest BCUT2D eigenvalue weighted by molar-refractivity contribution is 5.95. The second-order valence-electron chi connectivity index (χ2n) is 9.25. The summed E-state index contributed by atoms with van der Waals surface area (Å²) in [6.45, 7) is 2.24. The number of nitro groups is 1. The Morgan fingerprint density at radius 2 is 1.82 bits per heavy atom. The van der Waals surface area contributed by atoms with Crippen LogP contribution in [0.5, 0.6) is 11.5 Å². The maximum atomic E-state index is 13.5. The van der Waals surface area contributed by atoms with Crippen LogP contribution in [0.15, 0.2) is 60.7 Å². The molecule has 1 aliphatic rings. The van der Waals surface area contributed by atoms with E-state index >= 15 is 0 Å². The zero-order chi connectivity index (χ0) is 29.0. The van der Waals surface area contributed by atoms with Crippen molar-refractivity contribution >= 4 is 17.3 Å². The number of carbonyl (C=O) groups is 1. The van der Waals surface area contributed by atoms with E-state index in [1.54, 1.807) is 24.3 Å². The SMILES string of the molecule is COc1ccc(CN2CCOC(C(=O)Nc3ccc(C)c(C(F)(F)F)c3)C2c2ccc([N+](=O)[O-])cc2)c(OC)c1. The van der Waals surface area contributed by atoms with Gasteiger partial charge in [-0.1, -0.05) is 24.3 Å². The molecule has 1 fully saturated rings. The van der Waals surface area contributed by atoms with Gasteiger partial charge >= 0.3 is 6.18 Å². The number of nitrogens with one attached hydrogen (secondary N) is 1. The number of non-ortho nitro benzene ring substituents is 1. The molecule has 0 spiro atoms. The van der Waals surface area contributed by atoms with Crippen molar-refractivity contribution in [2.45, 2.75) is 31.8 Å². The number of nitro benzene ring substituents is 1. The third-order valence-electron chi connectivity index (χ3n) is 6.74. The monoisotopic (exact) mass is 559 g/mol. The van der Waals surface area contributed by atoms with E-state index in [1.807, 2.05) is 11.0 Å². The minimum absolute atomic E-state index is 0.0251. The van der Waals surface area contributed by atoms with Gasteiger partial charge in [-0.15, -0.1) is 0 Å². The first-order valence-corrected chi connectivity index (χ1v) is 12.3. The van der Waals surface area contributed by atoms with Crippen molar-refractivity contribution in [3.8, 4) is 11.5 Å². The van der Waals surface area contributed by atoms with Crippen molar-refractivity contribution in [1.29, 1.82) is 0 Å². The van der Waals surface area contributed by atoms with Crippen molar-refractivity contribution in [2.24, 2.45) is 0 Å². The number of carbonyl (C=O) groups excluding carboxylic acids is 1. The molecule has 0 aliphatic carbocycles. The summed E-state index contributed by atoms with van der Waals surface area (Å²) < 4.78 is 57.0. The minimum atomic E-state index is -4.58. The summed E-state index contributed by atoms with van der Waals surface area (Å²) in [5.74, 6) is 0.517. The highest BCUT2D eigenvalue weighted by Crippen LogP contribution is 2.36. The van der Waals surface area contributed by atoms with Crippen molar-refractivity contribution in [3.05, 3.63) is 93.0 Å². The lowest BCUT2D eigenvalue weighted by Gasteiger charge is -2.41. The lowest BCUT2D eigenvalue weighted by molar-refractivity contribution is -0.384. The van der Waals surface area contributed by atoms with Gasteiger partial charge in [0.1, 0.15) is 11.5 Å². The number of rotatable bonds is 8. The summed E-state index contributed by atoms with van der Waals surface area (Å²) in [7, 11) is 3.06. The molecule has 0 aromatic heterocycles. The maximum Gasteiger partial charge on any atom is 0.416 e. The number of amides is 1. The fraction of sp³-hybridized carbons (Fsp3) is 0.321. The number of methoxy groups -OCH3 is 2. The number of aryl methyl sites for hydroxylation is 1. The Morgan fingerprint density at radius 3 is 2.45 bits per heavy atom. The van der Waals surface area contributed by atoms with E-state index in [1.165, 1.54) is 45.4 Å². The Labute approximate surface area is 228 Å². The number of anilines is 1. The number of ether oxygens (including phenoxy) is 3. The Balaban J connectivity index is 1.68. The second kappa shape index (κ2) is 11.9. The average Bonchev–Trinajstić information content (AvgIpc) is 2.93. The van der Waals surface area contributed by atoms with Crippen LogP contribution in [-0.4, -0.2) is 49.2 Å². The second-order valence-corrected chi connectivity index (χ2v) is 9.25. The molecule has 1 amide bonds. The number of morpholine rings is 1. The molecule has 0 bridgehead atoms. The van der Waals surface area contributed by atoms with Gasteiger partial charge in [0, 0.05) is 42.5 Å². The molecular weight excluding hydrogens is 531 g/mol. The van der Waals surface area contributed by atoms with E-state index in [-0.39, 0.29) is 23.5 Å². The standard InChI is InChI=1S/C28H28F3N3O6/c1-17-4-8-20(14-23(17)28(29,30)31)32-27(35)26-25(18-5-9-21(10-6-18)34(36)37)33(12-13-40-26)16-19-7-11-22(38-2)15-24(19)39-3/h4-11,14-15,25-26H,12-13,16H2,1-3H3,(H,32,35).